The van der Waals surface area contributed by atoms with Crippen LogP contribution in [0.5, 0.6) is 0 Å². The zero-order chi connectivity index (χ0) is 13.0. The van der Waals surface area contributed by atoms with Crippen LogP contribution in [0.3, 0.4) is 0 Å². The van der Waals surface area contributed by atoms with Gasteiger partial charge in [-0.3, -0.25) is 9.59 Å². The molecule has 1 aromatic rings. The number of aromatic nitrogens is 1. The number of hydrogen-bond donors (Lipinski definition) is 2. The highest BCUT2D eigenvalue weighted by Gasteiger charge is 2.15. The van der Waals surface area contributed by atoms with Crippen LogP contribution >= 0.6 is 0 Å². The zero-order valence-electron chi connectivity index (χ0n) is 9.73. The quantitative estimate of drug-likeness (QED) is 0.709. The van der Waals surface area contributed by atoms with Crippen LogP contribution < -0.4 is 10.9 Å². The van der Waals surface area contributed by atoms with E-state index in [9.17, 15) is 9.59 Å². The molecule has 0 spiro atoms. The van der Waals surface area contributed by atoms with Crippen LogP contribution in [0.4, 0.5) is 0 Å². The largest absolute Gasteiger partial charge is 0.376 e. The van der Waals surface area contributed by atoms with E-state index < -0.39 is 6.04 Å². The van der Waals surface area contributed by atoms with Gasteiger partial charge in [0.15, 0.2) is 0 Å². The van der Waals surface area contributed by atoms with Crippen molar-refractivity contribution in [2.24, 2.45) is 0 Å². The summed E-state index contributed by atoms with van der Waals surface area (Å²) in [7, 11) is 0. The first kappa shape index (κ1) is 12.3. The maximum absolute atomic E-state index is 11.8. The normalized spacial score (nSPS) is 15.3. The lowest BCUT2D eigenvalue weighted by molar-refractivity contribution is -0.109. The maximum atomic E-state index is 11.8. The highest BCUT2D eigenvalue weighted by atomic mass is 16.5. The summed E-state index contributed by atoms with van der Waals surface area (Å²) in [4.78, 5) is 24.9. The molecular formula is C12H13N3O3. The number of hydrogen-bond acceptors (Lipinski definition) is 4. The van der Waals surface area contributed by atoms with Gasteiger partial charge in [0.25, 0.3) is 5.56 Å². The van der Waals surface area contributed by atoms with Gasteiger partial charge in [-0.05, 0) is 11.6 Å². The highest BCUT2D eigenvalue weighted by Crippen LogP contribution is 2.14. The Morgan fingerprint density at radius 3 is 3.22 bits per heavy atom. The van der Waals surface area contributed by atoms with E-state index in [1.165, 1.54) is 0 Å². The minimum atomic E-state index is -0.689. The summed E-state index contributed by atoms with van der Waals surface area (Å²) in [6.07, 6.45) is 1.35. The number of rotatable bonds is 4. The number of carbonyl (C=O) groups excluding carboxylic acids is 1. The van der Waals surface area contributed by atoms with Crippen molar-refractivity contribution in [2.45, 2.75) is 25.5 Å². The molecule has 0 radical (unpaired) electrons. The van der Waals surface area contributed by atoms with Crippen molar-refractivity contribution in [3.05, 3.63) is 33.2 Å². The second-order valence-corrected chi connectivity index (χ2v) is 4.10. The second kappa shape index (κ2) is 5.47. The van der Waals surface area contributed by atoms with Gasteiger partial charge >= 0.3 is 0 Å². The van der Waals surface area contributed by atoms with Gasteiger partial charge in [-0.2, -0.15) is 5.26 Å². The number of carbonyl (C=O) groups is 1. The van der Waals surface area contributed by atoms with Crippen LogP contribution in [0.1, 0.15) is 16.8 Å². The molecule has 0 saturated heterocycles. The van der Waals surface area contributed by atoms with Gasteiger partial charge in [-0.15, -0.1) is 0 Å². The van der Waals surface area contributed by atoms with Crippen LogP contribution in [-0.4, -0.2) is 24.0 Å². The fourth-order valence-corrected chi connectivity index (χ4v) is 1.96. The highest BCUT2D eigenvalue weighted by molar-refractivity contribution is 5.48. The monoisotopic (exact) mass is 247 g/mol. The topological polar surface area (TPSA) is 95.0 Å². The molecule has 2 rings (SSSR count). The minimum Gasteiger partial charge on any atom is -0.376 e. The first-order valence-corrected chi connectivity index (χ1v) is 5.65. The molecule has 94 valence electrons. The first-order chi connectivity index (χ1) is 8.74. The first-order valence-electron chi connectivity index (χ1n) is 5.65. The van der Waals surface area contributed by atoms with Gasteiger partial charge in [0.1, 0.15) is 6.04 Å². The molecular weight excluding hydrogens is 234 g/mol. The Morgan fingerprint density at radius 1 is 1.67 bits per heavy atom. The molecule has 1 aliphatic rings. The summed E-state index contributed by atoms with van der Waals surface area (Å²) in [5.74, 6) is 0. The molecule has 1 aromatic heterocycles. The number of aromatic amines is 1. The van der Waals surface area contributed by atoms with E-state index in [0.29, 0.717) is 31.6 Å². The van der Waals surface area contributed by atoms with Crippen molar-refractivity contribution >= 4 is 6.41 Å². The molecule has 6 nitrogen and oxygen atoms in total. The molecule has 2 heterocycles. The van der Waals surface area contributed by atoms with Gasteiger partial charge in [0, 0.05) is 24.1 Å². The molecule has 1 aliphatic heterocycles. The number of H-pyrrole nitrogens is 1. The summed E-state index contributed by atoms with van der Waals surface area (Å²) < 4.78 is 5.31. The van der Waals surface area contributed by atoms with Crippen molar-refractivity contribution in [3.63, 3.8) is 0 Å². The number of pyridine rings is 1. The van der Waals surface area contributed by atoms with Crippen molar-refractivity contribution in [1.82, 2.24) is 10.3 Å². The van der Waals surface area contributed by atoms with E-state index in [1.54, 1.807) is 6.07 Å². The molecule has 1 unspecified atom stereocenters. The fourth-order valence-electron chi connectivity index (χ4n) is 1.96. The molecule has 18 heavy (non-hydrogen) atoms. The third-order valence-corrected chi connectivity index (χ3v) is 2.90. The number of nitrogens with one attached hydrogen (secondary N) is 2. The summed E-state index contributed by atoms with van der Waals surface area (Å²) >= 11 is 0. The third-order valence-electron chi connectivity index (χ3n) is 2.90. The van der Waals surface area contributed by atoms with E-state index >= 15 is 0 Å². The molecule has 6 heteroatoms. The van der Waals surface area contributed by atoms with Crippen LogP contribution in [0.25, 0.3) is 0 Å². The summed E-state index contributed by atoms with van der Waals surface area (Å²) in [5, 5.41) is 11.2. The standard InChI is InChI=1S/C12H13N3O3/c13-5-10(14-7-16)4-8-3-9-6-18-2-1-11(9)15-12(8)17/h3,7,10H,1-2,4,6H2,(H,14,16)(H,15,17). The van der Waals surface area contributed by atoms with Gasteiger partial charge in [-0.1, -0.05) is 0 Å². The third kappa shape index (κ3) is 2.57. The molecule has 0 aromatic carbocycles. The minimum absolute atomic E-state index is 0.192. The van der Waals surface area contributed by atoms with Gasteiger partial charge in [-0.25, -0.2) is 0 Å². The molecule has 0 aliphatic carbocycles. The maximum Gasteiger partial charge on any atom is 0.251 e. The SMILES string of the molecule is N#CC(Cc1cc2c([nH]c1=O)CCOC2)NC=O. The number of nitrogens with zero attached hydrogens (tertiary/aromatic N) is 1. The lowest BCUT2D eigenvalue weighted by Gasteiger charge is -2.17. The Hall–Kier alpha value is -2.13. The average Bonchev–Trinajstić information content (AvgIpc) is 2.39. The summed E-state index contributed by atoms with van der Waals surface area (Å²) in [6, 6.07) is 3.00. The summed E-state index contributed by atoms with van der Waals surface area (Å²) in [6.45, 7) is 1.08. The van der Waals surface area contributed by atoms with E-state index in [0.717, 1.165) is 11.3 Å². The molecule has 2 N–H and O–H groups in total. The second-order valence-electron chi connectivity index (χ2n) is 4.10. The van der Waals surface area contributed by atoms with Gasteiger partial charge in [0.2, 0.25) is 6.41 Å². The van der Waals surface area contributed by atoms with Crippen LogP contribution in [-0.2, 0) is 29.0 Å². The Kier molecular flexibility index (Phi) is 3.75. The molecule has 0 saturated carbocycles. The van der Waals surface area contributed by atoms with Gasteiger partial charge in [0.05, 0.1) is 19.3 Å². The van der Waals surface area contributed by atoms with Crippen LogP contribution in [0, 0.1) is 11.3 Å². The fraction of sp³-hybridized carbons (Fsp3) is 0.417. The van der Waals surface area contributed by atoms with E-state index in [4.69, 9.17) is 10.00 Å². The Morgan fingerprint density at radius 2 is 2.50 bits per heavy atom. The summed E-state index contributed by atoms with van der Waals surface area (Å²) in [5.41, 5.74) is 2.12. The number of nitriles is 1. The lowest BCUT2D eigenvalue weighted by Crippen LogP contribution is -2.31. The van der Waals surface area contributed by atoms with Crippen LogP contribution in [0.15, 0.2) is 10.9 Å². The van der Waals surface area contributed by atoms with E-state index in [2.05, 4.69) is 10.3 Å². The van der Waals surface area contributed by atoms with Gasteiger partial charge < -0.3 is 15.0 Å². The van der Waals surface area contributed by atoms with Crippen molar-refractivity contribution in [3.8, 4) is 6.07 Å². The lowest BCUT2D eigenvalue weighted by atomic mass is 10.0. The Labute approximate surface area is 104 Å². The number of amides is 1. The van der Waals surface area contributed by atoms with E-state index in [-0.39, 0.29) is 12.0 Å². The van der Waals surface area contributed by atoms with Crippen molar-refractivity contribution < 1.29 is 9.53 Å². The van der Waals surface area contributed by atoms with Crippen LogP contribution in [0.2, 0.25) is 0 Å². The Bertz CT molecular complexity index is 544. The van der Waals surface area contributed by atoms with E-state index in [1.807, 2.05) is 6.07 Å². The Balaban J connectivity index is 2.26. The predicted octanol–water partition coefficient (Wildman–Crippen LogP) is -0.372. The molecule has 0 bridgehead atoms. The van der Waals surface area contributed by atoms with Crippen molar-refractivity contribution in [2.75, 3.05) is 6.61 Å². The molecule has 1 atom stereocenters. The number of fused-ring (bicyclic) bond motifs is 1. The zero-order valence-corrected chi connectivity index (χ0v) is 9.73. The molecule has 1 amide bonds. The smallest absolute Gasteiger partial charge is 0.251 e. The predicted molar refractivity (Wildman–Crippen MR) is 62.7 cm³/mol. The number of ether oxygens (including phenoxy) is 1. The molecule has 0 fully saturated rings. The van der Waals surface area contributed by atoms with Crippen molar-refractivity contribution in [1.29, 1.82) is 5.26 Å². The average molecular weight is 247 g/mol.